The Morgan fingerprint density at radius 3 is 2.06 bits per heavy atom. The van der Waals surface area contributed by atoms with Crippen molar-refractivity contribution in [1.82, 2.24) is 0 Å². The fraction of sp³-hybridized carbons (Fsp3) is 0.208. The number of rotatable bonds is 8. The van der Waals surface area contributed by atoms with Crippen LogP contribution in [-0.2, 0) is 20.0 Å². The van der Waals surface area contributed by atoms with Gasteiger partial charge < -0.3 is 5.32 Å². The van der Waals surface area contributed by atoms with Crippen LogP contribution in [0.2, 0.25) is 0 Å². The predicted molar refractivity (Wildman–Crippen MR) is 135 cm³/mol. The lowest BCUT2D eigenvalue weighted by atomic mass is 10.1. The first kappa shape index (κ1) is 25.3. The third-order valence-electron chi connectivity index (χ3n) is 5.32. The molecule has 0 heterocycles. The normalized spacial score (nSPS) is 11.6. The lowest BCUT2D eigenvalue weighted by Gasteiger charge is -2.18. The molecule has 0 fully saturated rings. The SMILES string of the molecule is CCS(=O)(=O)N(C)c1ccc(C(=O)Nc2ccc(S(=O)(=O)Nc3ccc(C)cc3C)cc2)cc1. The third kappa shape index (κ3) is 5.75. The minimum absolute atomic E-state index is 0.0302. The topological polar surface area (TPSA) is 113 Å². The summed E-state index contributed by atoms with van der Waals surface area (Å²) in [5.74, 6) is -0.436. The first-order valence-electron chi connectivity index (χ1n) is 10.5. The van der Waals surface area contributed by atoms with E-state index in [9.17, 15) is 21.6 Å². The molecule has 0 saturated carbocycles. The van der Waals surface area contributed by atoms with Gasteiger partial charge in [0.05, 0.1) is 22.0 Å². The van der Waals surface area contributed by atoms with Gasteiger partial charge in [0.2, 0.25) is 10.0 Å². The van der Waals surface area contributed by atoms with Crippen molar-refractivity contribution in [2.75, 3.05) is 27.1 Å². The van der Waals surface area contributed by atoms with E-state index in [2.05, 4.69) is 10.0 Å². The van der Waals surface area contributed by atoms with Gasteiger partial charge in [-0.15, -0.1) is 0 Å². The zero-order valence-electron chi connectivity index (χ0n) is 19.4. The van der Waals surface area contributed by atoms with Crippen molar-refractivity contribution in [3.63, 3.8) is 0 Å². The van der Waals surface area contributed by atoms with Crippen LogP contribution in [0.1, 0.15) is 28.4 Å². The van der Waals surface area contributed by atoms with E-state index in [-0.39, 0.29) is 10.6 Å². The molecule has 0 aliphatic carbocycles. The largest absolute Gasteiger partial charge is 0.322 e. The van der Waals surface area contributed by atoms with Gasteiger partial charge in [0.25, 0.3) is 15.9 Å². The maximum Gasteiger partial charge on any atom is 0.261 e. The molecule has 3 aromatic rings. The van der Waals surface area contributed by atoms with Crippen LogP contribution in [0.25, 0.3) is 0 Å². The van der Waals surface area contributed by atoms with Crippen molar-refractivity contribution in [1.29, 1.82) is 0 Å². The molecule has 8 nitrogen and oxygen atoms in total. The van der Waals surface area contributed by atoms with Gasteiger partial charge in [0.1, 0.15) is 0 Å². The molecule has 0 spiro atoms. The summed E-state index contributed by atoms with van der Waals surface area (Å²) >= 11 is 0. The molecule has 3 aromatic carbocycles. The average Bonchev–Trinajstić information content (AvgIpc) is 2.81. The molecule has 34 heavy (non-hydrogen) atoms. The molecule has 2 N–H and O–H groups in total. The van der Waals surface area contributed by atoms with Gasteiger partial charge in [-0.25, -0.2) is 16.8 Å². The minimum Gasteiger partial charge on any atom is -0.322 e. The van der Waals surface area contributed by atoms with Gasteiger partial charge in [-0.05, 0) is 80.9 Å². The lowest BCUT2D eigenvalue weighted by molar-refractivity contribution is 0.102. The molecule has 0 atom stereocenters. The van der Waals surface area contributed by atoms with Crippen molar-refractivity contribution < 1.29 is 21.6 Å². The summed E-state index contributed by atoms with van der Waals surface area (Å²) in [5.41, 5.74) is 3.56. The number of nitrogens with zero attached hydrogens (tertiary/aromatic N) is 1. The van der Waals surface area contributed by atoms with Crippen LogP contribution in [0, 0.1) is 13.8 Å². The monoisotopic (exact) mass is 501 g/mol. The van der Waals surface area contributed by atoms with Crippen LogP contribution in [-0.4, -0.2) is 35.5 Å². The number of carbonyl (C=O) groups excluding carboxylic acids is 1. The number of sulfonamides is 2. The lowest BCUT2D eigenvalue weighted by Crippen LogP contribution is -2.28. The Bertz CT molecular complexity index is 1400. The Hall–Kier alpha value is -3.37. The zero-order chi connectivity index (χ0) is 25.1. The highest BCUT2D eigenvalue weighted by molar-refractivity contribution is 7.93. The first-order valence-corrected chi connectivity index (χ1v) is 13.6. The molecule has 0 aromatic heterocycles. The van der Waals surface area contributed by atoms with Crippen LogP contribution >= 0.6 is 0 Å². The van der Waals surface area contributed by atoms with Crippen LogP contribution in [0.3, 0.4) is 0 Å². The van der Waals surface area contributed by atoms with E-state index in [1.165, 1.54) is 47.8 Å². The Labute approximate surface area is 200 Å². The van der Waals surface area contributed by atoms with E-state index >= 15 is 0 Å². The summed E-state index contributed by atoms with van der Waals surface area (Å²) in [6.07, 6.45) is 0. The van der Waals surface area contributed by atoms with Crippen molar-refractivity contribution in [3.8, 4) is 0 Å². The first-order chi connectivity index (χ1) is 15.9. The number of aryl methyl sites for hydroxylation is 2. The van der Waals surface area contributed by atoms with Crippen molar-refractivity contribution in [2.24, 2.45) is 0 Å². The van der Waals surface area contributed by atoms with Gasteiger partial charge >= 0.3 is 0 Å². The number of hydrogen-bond acceptors (Lipinski definition) is 5. The fourth-order valence-electron chi connectivity index (χ4n) is 3.23. The number of anilines is 3. The Morgan fingerprint density at radius 1 is 0.882 bits per heavy atom. The van der Waals surface area contributed by atoms with E-state index in [1.807, 2.05) is 26.0 Å². The van der Waals surface area contributed by atoms with Crippen molar-refractivity contribution in [3.05, 3.63) is 83.4 Å². The van der Waals surface area contributed by atoms with Gasteiger partial charge in [0, 0.05) is 18.3 Å². The highest BCUT2D eigenvalue weighted by atomic mass is 32.2. The second-order valence-electron chi connectivity index (χ2n) is 7.82. The minimum atomic E-state index is -3.79. The van der Waals surface area contributed by atoms with E-state index in [0.717, 1.165) is 11.1 Å². The molecule has 0 radical (unpaired) electrons. The average molecular weight is 502 g/mol. The summed E-state index contributed by atoms with van der Waals surface area (Å²) < 4.78 is 53.2. The molecular weight excluding hydrogens is 474 g/mol. The zero-order valence-corrected chi connectivity index (χ0v) is 21.0. The molecular formula is C24H27N3O5S2. The number of amides is 1. The molecule has 0 unspecified atom stereocenters. The van der Waals surface area contributed by atoms with Gasteiger partial charge in [-0.1, -0.05) is 17.7 Å². The molecule has 180 valence electrons. The molecule has 0 saturated heterocycles. The quantitative estimate of drug-likeness (QED) is 0.482. The summed E-state index contributed by atoms with van der Waals surface area (Å²) in [6, 6.07) is 17.4. The third-order valence-corrected chi connectivity index (χ3v) is 8.48. The van der Waals surface area contributed by atoms with Crippen molar-refractivity contribution >= 4 is 43.0 Å². The molecule has 3 rings (SSSR count). The van der Waals surface area contributed by atoms with E-state index in [1.54, 1.807) is 25.1 Å². The van der Waals surface area contributed by atoms with Gasteiger partial charge in [-0.3, -0.25) is 13.8 Å². The Balaban J connectivity index is 1.70. The molecule has 0 bridgehead atoms. The number of nitrogens with one attached hydrogen (secondary N) is 2. The summed E-state index contributed by atoms with van der Waals surface area (Å²) in [5, 5.41) is 2.71. The van der Waals surface area contributed by atoms with Crippen LogP contribution in [0.5, 0.6) is 0 Å². The highest BCUT2D eigenvalue weighted by Gasteiger charge is 2.17. The van der Waals surface area contributed by atoms with Crippen LogP contribution in [0.4, 0.5) is 17.1 Å². The fourth-order valence-corrected chi connectivity index (χ4v) is 5.19. The van der Waals surface area contributed by atoms with E-state index in [0.29, 0.717) is 22.6 Å². The van der Waals surface area contributed by atoms with Crippen LogP contribution in [0.15, 0.2) is 71.6 Å². The standard InChI is InChI=1S/C24H27N3O5S2/c1-5-33(29,30)27(4)21-11-7-19(8-12-21)24(28)25-20-9-13-22(14-10-20)34(31,32)26-23-15-6-17(2)16-18(23)3/h6-16,26H,5H2,1-4H3,(H,25,28). The Kier molecular flexibility index (Phi) is 7.32. The smallest absolute Gasteiger partial charge is 0.261 e. The molecule has 10 heteroatoms. The molecule has 0 aliphatic rings. The van der Waals surface area contributed by atoms with E-state index in [4.69, 9.17) is 0 Å². The number of benzene rings is 3. The Morgan fingerprint density at radius 2 is 1.50 bits per heavy atom. The number of hydrogen-bond donors (Lipinski definition) is 2. The maximum atomic E-state index is 12.7. The second-order valence-corrected chi connectivity index (χ2v) is 11.8. The second kappa shape index (κ2) is 9.86. The molecule has 0 aliphatic heterocycles. The summed E-state index contributed by atoms with van der Waals surface area (Å²) in [7, 11) is -5.73. The summed E-state index contributed by atoms with van der Waals surface area (Å²) in [4.78, 5) is 12.6. The highest BCUT2D eigenvalue weighted by Crippen LogP contribution is 2.22. The van der Waals surface area contributed by atoms with E-state index < -0.39 is 26.0 Å². The maximum absolute atomic E-state index is 12.7. The summed E-state index contributed by atoms with van der Waals surface area (Å²) in [6.45, 7) is 5.32. The predicted octanol–water partition coefficient (Wildman–Crippen LogP) is 4.14. The van der Waals surface area contributed by atoms with Crippen molar-refractivity contribution in [2.45, 2.75) is 25.7 Å². The molecule has 1 amide bonds. The van der Waals surface area contributed by atoms with Gasteiger partial charge in [-0.2, -0.15) is 0 Å². The number of carbonyl (C=O) groups is 1. The van der Waals surface area contributed by atoms with Crippen LogP contribution < -0.4 is 14.3 Å². The van der Waals surface area contributed by atoms with Gasteiger partial charge in [0.15, 0.2) is 0 Å².